The van der Waals surface area contributed by atoms with Gasteiger partial charge in [-0.25, -0.2) is 5.06 Å². The molecule has 0 saturated carbocycles. The largest absolute Gasteiger partial charge is 0.416 e. The molecule has 0 radical (unpaired) electrons. The second kappa shape index (κ2) is 8.80. The van der Waals surface area contributed by atoms with Crippen molar-refractivity contribution in [2.24, 2.45) is 5.92 Å². The molecule has 1 aromatic carbocycles. The molecular weight excluding hydrogens is 362 g/mol. The van der Waals surface area contributed by atoms with Gasteiger partial charge in [-0.2, -0.15) is 13.2 Å². The molecule has 0 aliphatic rings. The van der Waals surface area contributed by atoms with Crippen LogP contribution in [0.5, 0.6) is 0 Å². The van der Waals surface area contributed by atoms with Crippen LogP contribution in [0, 0.1) is 5.92 Å². The van der Waals surface area contributed by atoms with Crippen molar-refractivity contribution >= 4 is 13.5 Å². The van der Waals surface area contributed by atoms with Gasteiger partial charge in [0.25, 0.3) is 0 Å². The van der Waals surface area contributed by atoms with E-state index in [0.29, 0.717) is 29.9 Å². The number of alkyl halides is 3. The average molecular weight is 383 g/mol. The fraction of sp³-hybridized carbons (Fsp3) is 0.533. The number of carbonyl (C=O) groups excluding carboxylic acids is 1. The number of aryl methyl sites for hydroxylation is 1. The van der Waals surface area contributed by atoms with Gasteiger partial charge in [0.1, 0.15) is 0 Å². The lowest BCUT2D eigenvalue weighted by molar-refractivity contribution is -0.160. The molecule has 0 unspecified atom stereocenters. The summed E-state index contributed by atoms with van der Waals surface area (Å²) in [5.41, 5.74) is -0.0826. The number of rotatable bonds is 8. The molecule has 1 rings (SSSR count). The quantitative estimate of drug-likeness (QED) is 0.364. The fourth-order valence-electron chi connectivity index (χ4n) is 2.43. The number of hydrogen-bond donors (Lipinski definition) is 3. The van der Waals surface area contributed by atoms with Gasteiger partial charge < -0.3 is 9.79 Å². The topological polar surface area (TPSA) is 98.1 Å². The average Bonchev–Trinajstić information content (AvgIpc) is 2.44. The molecule has 1 atom stereocenters. The number of nitrogens with zero attached hydrogens (tertiary/aromatic N) is 1. The van der Waals surface area contributed by atoms with E-state index in [9.17, 15) is 22.5 Å². The van der Waals surface area contributed by atoms with E-state index in [2.05, 4.69) is 0 Å². The fourth-order valence-corrected chi connectivity index (χ4v) is 3.41. The highest BCUT2D eigenvalue weighted by molar-refractivity contribution is 7.51. The van der Waals surface area contributed by atoms with E-state index in [0.717, 1.165) is 19.2 Å². The van der Waals surface area contributed by atoms with Crippen LogP contribution in [0.15, 0.2) is 24.3 Å². The summed E-state index contributed by atoms with van der Waals surface area (Å²) in [6.45, 7) is 0. The number of amides is 1. The van der Waals surface area contributed by atoms with Crippen molar-refractivity contribution in [1.82, 2.24) is 5.06 Å². The maximum atomic E-state index is 12.5. The molecule has 0 fully saturated rings. The Kier molecular flexibility index (Phi) is 7.62. The van der Waals surface area contributed by atoms with Crippen LogP contribution in [0.25, 0.3) is 0 Å². The van der Waals surface area contributed by atoms with Gasteiger partial charge in [0, 0.05) is 13.5 Å². The minimum Gasteiger partial charge on any atom is -0.324 e. The number of halogens is 3. The van der Waals surface area contributed by atoms with Gasteiger partial charge >= 0.3 is 13.8 Å². The Morgan fingerprint density at radius 3 is 2.24 bits per heavy atom. The van der Waals surface area contributed by atoms with Crippen LogP contribution in [0.1, 0.15) is 30.4 Å². The van der Waals surface area contributed by atoms with Crippen molar-refractivity contribution in [3.63, 3.8) is 0 Å². The molecule has 25 heavy (non-hydrogen) atoms. The molecule has 3 N–H and O–H groups in total. The van der Waals surface area contributed by atoms with Crippen LogP contribution in [-0.4, -0.2) is 39.2 Å². The zero-order valence-electron chi connectivity index (χ0n) is 13.6. The molecule has 142 valence electrons. The molecule has 1 amide bonds. The molecule has 1 aromatic rings. The standard InChI is InChI=1S/C15H21F3NO5P/c1-19(21)14(20)9-12(10-25(22,23)24)4-2-3-11-5-7-13(8-6-11)15(16,17)18/h5-8,12,21H,2-4,9-10H2,1H3,(H2,22,23,24)/t12-/m1/s1. The van der Waals surface area contributed by atoms with Gasteiger partial charge in [-0.15, -0.1) is 0 Å². The summed E-state index contributed by atoms with van der Waals surface area (Å²) in [6.07, 6.45) is -3.95. The Morgan fingerprint density at radius 1 is 1.24 bits per heavy atom. The van der Waals surface area contributed by atoms with Crippen LogP contribution >= 0.6 is 7.60 Å². The molecular formula is C15H21F3NO5P. The van der Waals surface area contributed by atoms with Gasteiger partial charge in [-0.05, 0) is 42.9 Å². The normalized spacial score (nSPS) is 13.6. The van der Waals surface area contributed by atoms with E-state index in [-0.39, 0.29) is 6.42 Å². The zero-order valence-corrected chi connectivity index (χ0v) is 14.5. The summed E-state index contributed by atoms with van der Waals surface area (Å²) in [4.78, 5) is 29.7. The lowest BCUT2D eigenvalue weighted by atomic mass is 9.97. The summed E-state index contributed by atoms with van der Waals surface area (Å²) in [5, 5.41) is 9.42. The number of benzene rings is 1. The van der Waals surface area contributed by atoms with Crippen LogP contribution in [0.3, 0.4) is 0 Å². The predicted octanol–water partition coefficient (Wildman–Crippen LogP) is 3.06. The maximum absolute atomic E-state index is 12.5. The Bertz CT molecular complexity index is 613. The summed E-state index contributed by atoms with van der Waals surface area (Å²) >= 11 is 0. The van der Waals surface area contributed by atoms with Crippen molar-refractivity contribution in [1.29, 1.82) is 0 Å². The van der Waals surface area contributed by atoms with Gasteiger partial charge in [-0.3, -0.25) is 14.6 Å². The van der Waals surface area contributed by atoms with Crippen LogP contribution in [-0.2, 0) is 22.0 Å². The summed E-state index contributed by atoms with van der Waals surface area (Å²) in [6, 6.07) is 4.67. The molecule has 0 heterocycles. The molecule has 10 heteroatoms. The summed E-state index contributed by atoms with van der Waals surface area (Å²) in [7, 11) is -3.20. The maximum Gasteiger partial charge on any atom is 0.416 e. The van der Waals surface area contributed by atoms with Crippen molar-refractivity contribution in [2.45, 2.75) is 31.9 Å². The third-order valence-corrected chi connectivity index (χ3v) is 4.67. The van der Waals surface area contributed by atoms with Crippen molar-refractivity contribution < 1.29 is 37.5 Å². The molecule has 0 aliphatic heterocycles. The van der Waals surface area contributed by atoms with E-state index in [1.54, 1.807) is 0 Å². The lowest BCUT2D eigenvalue weighted by Crippen LogP contribution is -2.26. The Morgan fingerprint density at radius 2 is 1.80 bits per heavy atom. The Labute approximate surface area is 143 Å². The third-order valence-electron chi connectivity index (χ3n) is 3.68. The first kappa shape index (κ1) is 21.6. The highest BCUT2D eigenvalue weighted by Crippen LogP contribution is 2.39. The highest BCUT2D eigenvalue weighted by atomic mass is 31.2. The molecule has 0 saturated heterocycles. The molecule has 6 nitrogen and oxygen atoms in total. The number of hydroxylamine groups is 2. The van der Waals surface area contributed by atoms with Gasteiger partial charge in [0.2, 0.25) is 5.91 Å². The van der Waals surface area contributed by atoms with E-state index < -0.39 is 37.3 Å². The van der Waals surface area contributed by atoms with Gasteiger partial charge in [-0.1, -0.05) is 12.1 Å². The first-order chi connectivity index (χ1) is 11.4. The minimum absolute atomic E-state index is 0.217. The van der Waals surface area contributed by atoms with Gasteiger partial charge in [0.15, 0.2) is 0 Å². The number of carbonyl (C=O) groups is 1. The first-order valence-electron chi connectivity index (χ1n) is 7.54. The minimum atomic E-state index is -4.40. The van der Waals surface area contributed by atoms with Crippen LogP contribution in [0.2, 0.25) is 0 Å². The van der Waals surface area contributed by atoms with E-state index in [1.165, 1.54) is 12.1 Å². The smallest absolute Gasteiger partial charge is 0.324 e. The first-order valence-corrected chi connectivity index (χ1v) is 9.34. The van der Waals surface area contributed by atoms with Crippen molar-refractivity contribution in [2.75, 3.05) is 13.2 Å². The van der Waals surface area contributed by atoms with E-state index in [4.69, 9.17) is 15.0 Å². The van der Waals surface area contributed by atoms with Crippen LogP contribution in [0.4, 0.5) is 13.2 Å². The van der Waals surface area contributed by atoms with Crippen molar-refractivity contribution in [3.8, 4) is 0 Å². The predicted molar refractivity (Wildman–Crippen MR) is 84.0 cm³/mol. The molecule has 0 bridgehead atoms. The third kappa shape index (κ3) is 8.49. The van der Waals surface area contributed by atoms with E-state index in [1.807, 2.05) is 0 Å². The lowest BCUT2D eigenvalue weighted by Gasteiger charge is -2.18. The Hall–Kier alpha value is -1.41. The second-order valence-corrected chi connectivity index (χ2v) is 7.62. The van der Waals surface area contributed by atoms with Crippen LogP contribution < -0.4 is 0 Å². The molecule has 0 aliphatic carbocycles. The van der Waals surface area contributed by atoms with E-state index >= 15 is 0 Å². The SMILES string of the molecule is CN(O)C(=O)C[C@@H](CCCc1ccc(C(F)(F)F)cc1)CP(=O)(O)O. The second-order valence-electron chi connectivity index (χ2n) is 5.92. The van der Waals surface area contributed by atoms with Gasteiger partial charge in [0.05, 0.1) is 11.7 Å². The summed E-state index contributed by atoms with van der Waals surface area (Å²) in [5.74, 6) is -1.29. The van der Waals surface area contributed by atoms with Crippen molar-refractivity contribution in [3.05, 3.63) is 35.4 Å². The molecule has 0 spiro atoms. The monoisotopic (exact) mass is 383 g/mol. The Balaban J connectivity index is 2.61. The molecule has 0 aromatic heterocycles. The zero-order chi connectivity index (χ0) is 19.3. The highest BCUT2D eigenvalue weighted by Gasteiger charge is 2.30. The number of hydrogen-bond acceptors (Lipinski definition) is 3. The summed E-state index contributed by atoms with van der Waals surface area (Å²) < 4.78 is 48.6.